The highest BCUT2D eigenvalue weighted by Gasteiger charge is 2.48. The average Bonchev–Trinajstić information content (AvgIpc) is 2.90. The number of oxime groups is 1. The van der Waals surface area contributed by atoms with Crippen LogP contribution in [0.2, 0.25) is 5.15 Å². The van der Waals surface area contributed by atoms with Gasteiger partial charge in [-0.3, -0.25) is 0 Å². The molecule has 0 bridgehead atoms. The summed E-state index contributed by atoms with van der Waals surface area (Å²) >= 11 is 6.07. The van der Waals surface area contributed by atoms with Crippen LogP contribution in [0.25, 0.3) is 11.3 Å². The number of hydrogen-bond donors (Lipinski definition) is 2. The quantitative estimate of drug-likeness (QED) is 0.444. The molecule has 2 aromatic heterocycles. The summed E-state index contributed by atoms with van der Waals surface area (Å²) in [6.45, 7) is 0. The van der Waals surface area contributed by atoms with Crippen LogP contribution in [0.5, 0.6) is 0 Å². The van der Waals surface area contributed by atoms with E-state index in [1.807, 2.05) is 12.3 Å². The molecule has 3 aliphatic rings. The van der Waals surface area contributed by atoms with Crippen LogP contribution in [0.1, 0.15) is 41.1 Å². The molecule has 5 heteroatoms. The summed E-state index contributed by atoms with van der Waals surface area (Å²) in [6.07, 6.45) is 6.12. The van der Waals surface area contributed by atoms with E-state index in [1.54, 1.807) is 0 Å². The Morgan fingerprint density at radius 2 is 2.14 bits per heavy atom. The number of aromatic amines is 1. The van der Waals surface area contributed by atoms with Crippen LogP contribution in [0.4, 0.5) is 0 Å². The predicted molar refractivity (Wildman–Crippen MR) is 80.2 cm³/mol. The van der Waals surface area contributed by atoms with Crippen molar-refractivity contribution in [2.45, 2.75) is 31.6 Å². The molecule has 2 heterocycles. The maximum absolute atomic E-state index is 9.44. The van der Waals surface area contributed by atoms with Crippen LogP contribution in [-0.2, 0) is 12.8 Å². The highest BCUT2D eigenvalue weighted by molar-refractivity contribution is 6.29. The maximum Gasteiger partial charge on any atom is 0.129 e. The second-order valence-electron chi connectivity index (χ2n) is 6.21. The molecule has 2 atom stereocenters. The van der Waals surface area contributed by atoms with Gasteiger partial charge in [-0.2, -0.15) is 0 Å². The molecule has 0 spiro atoms. The molecule has 0 saturated heterocycles. The third kappa shape index (κ3) is 1.36. The number of pyridine rings is 1. The minimum absolute atomic E-state index is 0.420. The lowest BCUT2D eigenvalue weighted by Crippen LogP contribution is -2.25. The number of hydrogen-bond acceptors (Lipinski definition) is 3. The number of aromatic nitrogens is 2. The third-order valence-corrected chi connectivity index (χ3v) is 5.57. The van der Waals surface area contributed by atoms with Gasteiger partial charge in [-0.15, -0.1) is 0 Å². The molecule has 0 radical (unpaired) electrons. The van der Waals surface area contributed by atoms with Crippen molar-refractivity contribution in [2.75, 3.05) is 0 Å². The van der Waals surface area contributed by atoms with E-state index in [-0.39, 0.29) is 0 Å². The van der Waals surface area contributed by atoms with Crippen molar-refractivity contribution in [3.05, 3.63) is 39.8 Å². The molecule has 2 N–H and O–H groups in total. The van der Waals surface area contributed by atoms with E-state index < -0.39 is 0 Å². The lowest BCUT2D eigenvalue weighted by atomic mass is 9.74. The molecule has 0 aliphatic heterocycles. The maximum atomic E-state index is 9.44. The van der Waals surface area contributed by atoms with Gasteiger partial charge in [0.2, 0.25) is 0 Å². The molecule has 3 aliphatic carbocycles. The van der Waals surface area contributed by atoms with Crippen LogP contribution in [-0.4, -0.2) is 20.9 Å². The van der Waals surface area contributed by atoms with Gasteiger partial charge in [0.15, 0.2) is 0 Å². The Balaban J connectivity index is 1.77. The van der Waals surface area contributed by atoms with Gasteiger partial charge in [0, 0.05) is 40.5 Å². The Morgan fingerprint density at radius 1 is 1.29 bits per heavy atom. The number of aryl methyl sites for hydroxylation is 1. The second-order valence-corrected chi connectivity index (χ2v) is 6.59. The summed E-state index contributed by atoms with van der Waals surface area (Å²) < 4.78 is 0. The van der Waals surface area contributed by atoms with Crippen molar-refractivity contribution in [3.63, 3.8) is 0 Å². The fraction of sp³-hybridized carbons (Fsp3) is 0.375. The Hall–Kier alpha value is -1.81. The van der Waals surface area contributed by atoms with Crippen molar-refractivity contribution in [2.24, 2.45) is 11.1 Å². The van der Waals surface area contributed by atoms with E-state index in [9.17, 15) is 5.21 Å². The predicted octanol–water partition coefficient (Wildman–Crippen LogP) is 3.51. The largest absolute Gasteiger partial charge is 0.411 e. The summed E-state index contributed by atoms with van der Waals surface area (Å²) in [4.78, 5) is 7.80. The summed E-state index contributed by atoms with van der Waals surface area (Å²) in [5.41, 5.74) is 8.17. The molecule has 21 heavy (non-hydrogen) atoms. The van der Waals surface area contributed by atoms with Crippen molar-refractivity contribution < 1.29 is 5.21 Å². The van der Waals surface area contributed by atoms with Crippen LogP contribution >= 0.6 is 11.6 Å². The van der Waals surface area contributed by atoms with Crippen molar-refractivity contribution in [1.82, 2.24) is 9.97 Å². The van der Waals surface area contributed by atoms with Gasteiger partial charge in [-0.05, 0) is 42.9 Å². The number of halogens is 1. The summed E-state index contributed by atoms with van der Waals surface area (Å²) in [5.74, 6) is 0.932. The number of nitrogens with zero attached hydrogens (tertiary/aromatic N) is 2. The van der Waals surface area contributed by atoms with E-state index in [4.69, 9.17) is 11.6 Å². The average molecular weight is 300 g/mol. The lowest BCUT2D eigenvalue weighted by molar-refractivity contribution is 0.298. The zero-order chi connectivity index (χ0) is 14.1. The minimum atomic E-state index is 0.420. The standard InChI is InChI=1S/C16H14ClN3O/c17-12-5-11-7(6-18-12)1-2-10-13-15(19-14(10)11)8-3-4-9(8)16(13)20-21/h5-6,8-9,19,21H,1-4H2/b20-16-. The molecular formula is C16H14ClN3O. The molecular weight excluding hydrogens is 286 g/mol. The Kier molecular flexibility index (Phi) is 2.19. The van der Waals surface area contributed by atoms with Crippen LogP contribution in [0.15, 0.2) is 17.4 Å². The molecule has 2 unspecified atom stereocenters. The van der Waals surface area contributed by atoms with Gasteiger partial charge in [-0.1, -0.05) is 16.8 Å². The molecule has 106 valence electrons. The lowest BCUT2D eigenvalue weighted by Gasteiger charge is -2.30. The van der Waals surface area contributed by atoms with Gasteiger partial charge >= 0.3 is 0 Å². The number of nitrogens with one attached hydrogen (secondary N) is 1. The van der Waals surface area contributed by atoms with Gasteiger partial charge in [-0.25, -0.2) is 4.98 Å². The normalized spacial score (nSPS) is 26.8. The fourth-order valence-corrected chi connectivity index (χ4v) is 4.40. The molecule has 5 rings (SSSR count). The van der Waals surface area contributed by atoms with Crippen molar-refractivity contribution in [1.29, 1.82) is 0 Å². The Morgan fingerprint density at radius 3 is 2.90 bits per heavy atom. The summed E-state index contributed by atoms with van der Waals surface area (Å²) in [6, 6.07) is 1.94. The molecule has 1 saturated carbocycles. The van der Waals surface area contributed by atoms with Gasteiger partial charge in [0.1, 0.15) is 5.15 Å². The number of fused-ring (bicyclic) bond motifs is 7. The van der Waals surface area contributed by atoms with Gasteiger partial charge in [0.05, 0.1) is 5.71 Å². The highest BCUT2D eigenvalue weighted by atomic mass is 35.5. The van der Waals surface area contributed by atoms with Crippen LogP contribution < -0.4 is 0 Å². The fourth-order valence-electron chi connectivity index (χ4n) is 4.24. The van der Waals surface area contributed by atoms with E-state index in [2.05, 4.69) is 15.1 Å². The molecule has 1 fully saturated rings. The molecule has 2 aromatic rings. The monoisotopic (exact) mass is 299 g/mol. The van der Waals surface area contributed by atoms with E-state index >= 15 is 0 Å². The summed E-state index contributed by atoms with van der Waals surface area (Å²) in [5, 5.41) is 13.6. The molecule has 0 aromatic carbocycles. The van der Waals surface area contributed by atoms with Crippen molar-refractivity contribution in [3.8, 4) is 11.3 Å². The van der Waals surface area contributed by atoms with E-state index in [0.717, 1.165) is 36.2 Å². The SMILES string of the molecule is O/N=C1\c2c([nH]c3c2CCc2cnc(Cl)cc2-3)C2CCC12. The topological polar surface area (TPSA) is 61.3 Å². The van der Waals surface area contributed by atoms with Crippen LogP contribution in [0, 0.1) is 5.92 Å². The second kappa shape index (κ2) is 3.89. The highest BCUT2D eigenvalue weighted by Crippen LogP contribution is 2.54. The Labute approximate surface area is 126 Å². The van der Waals surface area contributed by atoms with Crippen LogP contribution in [0.3, 0.4) is 0 Å². The first kappa shape index (κ1) is 11.8. The minimum Gasteiger partial charge on any atom is -0.411 e. The van der Waals surface area contributed by atoms with E-state index in [1.165, 1.54) is 28.8 Å². The van der Waals surface area contributed by atoms with Gasteiger partial charge in [0.25, 0.3) is 0 Å². The first-order chi connectivity index (χ1) is 10.3. The van der Waals surface area contributed by atoms with Gasteiger partial charge < -0.3 is 10.2 Å². The smallest absolute Gasteiger partial charge is 0.129 e. The zero-order valence-corrected chi connectivity index (χ0v) is 12.1. The molecule has 4 nitrogen and oxygen atoms in total. The first-order valence-corrected chi connectivity index (χ1v) is 7.77. The first-order valence-electron chi connectivity index (χ1n) is 7.39. The third-order valence-electron chi connectivity index (χ3n) is 5.36. The Bertz CT molecular complexity index is 808. The van der Waals surface area contributed by atoms with E-state index in [0.29, 0.717) is 17.0 Å². The van der Waals surface area contributed by atoms with Crippen molar-refractivity contribution >= 4 is 17.3 Å². The number of rotatable bonds is 0. The molecule has 0 amide bonds. The summed E-state index contributed by atoms with van der Waals surface area (Å²) in [7, 11) is 0. The zero-order valence-electron chi connectivity index (χ0n) is 11.4. The number of H-pyrrole nitrogens is 1.